The highest BCUT2D eigenvalue weighted by Crippen LogP contribution is 2.37. The van der Waals surface area contributed by atoms with E-state index in [2.05, 4.69) is 0 Å². The Morgan fingerprint density at radius 3 is 2.75 bits per heavy atom. The maximum Gasteiger partial charge on any atom is 0.242 e. The van der Waals surface area contributed by atoms with Crippen LogP contribution in [0.1, 0.15) is 32.1 Å². The van der Waals surface area contributed by atoms with Crippen LogP contribution in [0.3, 0.4) is 0 Å². The van der Waals surface area contributed by atoms with E-state index in [1.54, 1.807) is 4.90 Å². The molecule has 2 heterocycles. The second kappa shape index (κ2) is 6.31. The first-order valence-electron chi connectivity index (χ1n) is 7.46. The second-order valence-corrected chi connectivity index (χ2v) is 6.24. The maximum absolute atomic E-state index is 12.3. The summed E-state index contributed by atoms with van der Waals surface area (Å²) in [6.45, 7) is 2.66. The average molecular weight is 302 g/mol. The van der Waals surface area contributed by atoms with Crippen molar-refractivity contribution in [3.63, 3.8) is 0 Å². The molecule has 0 aromatic rings. The van der Waals surface area contributed by atoms with Crippen LogP contribution in [-0.2, 0) is 9.59 Å². The van der Waals surface area contributed by atoms with Crippen molar-refractivity contribution in [2.24, 2.45) is 17.6 Å². The Labute approximate surface area is 126 Å². The molecular weight excluding hydrogens is 278 g/mol. The lowest BCUT2D eigenvalue weighted by Gasteiger charge is -2.28. The van der Waals surface area contributed by atoms with Gasteiger partial charge in [0.25, 0.3) is 0 Å². The van der Waals surface area contributed by atoms with Crippen LogP contribution in [0.25, 0.3) is 0 Å². The zero-order valence-corrected chi connectivity index (χ0v) is 12.6. The fourth-order valence-electron chi connectivity index (χ4n) is 3.80. The van der Waals surface area contributed by atoms with Gasteiger partial charge < -0.3 is 15.5 Å². The Hall–Kier alpha value is -0.810. The molecule has 3 rings (SSSR count). The summed E-state index contributed by atoms with van der Waals surface area (Å²) in [5, 5.41) is 0. The number of nitrogens with zero attached hydrogens (tertiary/aromatic N) is 2. The van der Waals surface area contributed by atoms with Gasteiger partial charge in [-0.25, -0.2) is 0 Å². The number of hydrogen-bond donors (Lipinski definition) is 1. The summed E-state index contributed by atoms with van der Waals surface area (Å²) >= 11 is 0. The lowest BCUT2D eigenvalue weighted by atomic mass is 9.98. The Morgan fingerprint density at radius 1 is 1.25 bits per heavy atom. The van der Waals surface area contributed by atoms with E-state index in [1.165, 1.54) is 0 Å². The number of carbonyl (C=O) groups excluding carboxylic acids is 2. The summed E-state index contributed by atoms with van der Waals surface area (Å²) in [4.78, 5) is 27.7. The molecule has 3 aliphatic rings. The van der Waals surface area contributed by atoms with E-state index in [-0.39, 0.29) is 36.8 Å². The summed E-state index contributed by atoms with van der Waals surface area (Å²) in [5.41, 5.74) is 6.09. The average Bonchev–Trinajstić information content (AvgIpc) is 2.95. The molecule has 2 amide bonds. The van der Waals surface area contributed by atoms with E-state index < -0.39 is 0 Å². The van der Waals surface area contributed by atoms with Crippen molar-refractivity contribution in [2.75, 3.05) is 26.2 Å². The zero-order valence-electron chi connectivity index (χ0n) is 11.8. The van der Waals surface area contributed by atoms with Crippen molar-refractivity contribution < 1.29 is 9.59 Å². The quantitative estimate of drug-likeness (QED) is 0.813. The number of amides is 2. The van der Waals surface area contributed by atoms with Gasteiger partial charge in [-0.05, 0) is 37.5 Å². The van der Waals surface area contributed by atoms with Crippen molar-refractivity contribution in [1.82, 2.24) is 9.80 Å². The predicted molar refractivity (Wildman–Crippen MR) is 78.4 cm³/mol. The fraction of sp³-hybridized carbons (Fsp3) is 0.857. The van der Waals surface area contributed by atoms with Crippen molar-refractivity contribution >= 4 is 24.2 Å². The molecule has 3 unspecified atom stereocenters. The van der Waals surface area contributed by atoms with Gasteiger partial charge in [-0.15, -0.1) is 12.4 Å². The van der Waals surface area contributed by atoms with Gasteiger partial charge in [-0.1, -0.05) is 0 Å². The van der Waals surface area contributed by atoms with E-state index in [0.29, 0.717) is 18.3 Å². The first-order chi connectivity index (χ1) is 9.15. The largest absolute Gasteiger partial charge is 0.341 e. The molecule has 0 aromatic carbocycles. The summed E-state index contributed by atoms with van der Waals surface area (Å²) in [6, 6.07) is 0.263. The van der Waals surface area contributed by atoms with Crippen molar-refractivity contribution in [1.29, 1.82) is 0 Å². The van der Waals surface area contributed by atoms with Gasteiger partial charge in [-0.3, -0.25) is 9.59 Å². The minimum atomic E-state index is 0. The number of hydrogen-bond acceptors (Lipinski definition) is 3. The number of rotatable bonds is 2. The van der Waals surface area contributed by atoms with E-state index in [9.17, 15) is 9.59 Å². The Balaban J connectivity index is 0.00000147. The van der Waals surface area contributed by atoms with Gasteiger partial charge in [-0.2, -0.15) is 0 Å². The first kappa shape index (κ1) is 15.6. The van der Waals surface area contributed by atoms with Gasteiger partial charge in [0.15, 0.2) is 0 Å². The van der Waals surface area contributed by atoms with Gasteiger partial charge in [0.1, 0.15) is 0 Å². The number of carbonyl (C=O) groups is 2. The lowest BCUT2D eigenvalue weighted by Crippen LogP contribution is -2.44. The van der Waals surface area contributed by atoms with Crippen LogP contribution in [0.15, 0.2) is 0 Å². The van der Waals surface area contributed by atoms with Crippen molar-refractivity contribution in [3.05, 3.63) is 0 Å². The number of piperidine rings is 1. The van der Waals surface area contributed by atoms with Gasteiger partial charge in [0.2, 0.25) is 11.8 Å². The molecule has 0 bridgehead atoms. The SMILES string of the molecule is Cl.NC1CCC2CN(C(=O)CN3CCCCC3=O)CC12. The molecule has 1 saturated carbocycles. The zero-order chi connectivity index (χ0) is 13.4. The third-order valence-corrected chi connectivity index (χ3v) is 5.01. The molecule has 2 aliphatic heterocycles. The van der Waals surface area contributed by atoms with Crippen LogP contribution >= 0.6 is 12.4 Å². The molecule has 20 heavy (non-hydrogen) atoms. The van der Waals surface area contributed by atoms with Gasteiger partial charge >= 0.3 is 0 Å². The molecule has 5 nitrogen and oxygen atoms in total. The number of fused-ring (bicyclic) bond motifs is 1. The van der Waals surface area contributed by atoms with Crippen LogP contribution in [0, 0.1) is 11.8 Å². The number of likely N-dealkylation sites (tertiary alicyclic amines) is 2. The highest BCUT2D eigenvalue weighted by molar-refractivity contribution is 5.85. The predicted octanol–water partition coefficient (Wildman–Crippen LogP) is 0.616. The minimum Gasteiger partial charge on any atom is -0.341 e. The van der Waals surface area contributed by atoms with Crippen LogP contribution in [-0.4, -0.2) is 53.8 Å². The second-order valence-electron chi connectivity index (χ2n) is 6.24. The molecule has 0 spiro atoms. The monoisotopic (exact) mass is 301 g/mol. The summed E-state index contributed by atoms with van der Waals surface area (Å²) in [7, 11) is 0. The molecule has 1 aliphatic carbocycles. The number of halogens is 1. The van der Waals surface area contributed by atoms with Crippen molar-refractivity contribution in [3.8, 4) is 0 Å². The highest BCUT2D eigenvalue weighted by Gasteiger charge is 2.42. The third kappa shape index (κ3) is 2.93. The Morgan fingerprint density at radius 2 is 2.05 bits per heavy atom. The molecule has 3 atom stereocenters. The first-order valence-corrected chi connectivity index (χ1v) is 7.46. The Kier molecular flexibility index (Phi) is 4.91. The third-order valence-electron chi connectivity index (χ3n) is 5.01. The van der Waals surface area contributed by atoms with Gasteiger partial charge in [0.05, 0.1) is 6.54 Å². The highest BCUT2D eigenvalue weighted by atomic mass is 35.5. The summed E-state index contributed by atoms with van der Waals surface area (Å²) in [5.74, 6) is 1.32. The molecular formula is C14H24ClN3O2. The summed E-state index contributed by atoms with van der Waals surface area (Å²) in [6.07, 6.45) is 4.84. The van der Waals surface area contributed by atoms with Crippen molar-refractivity contribution in [2.45, 2.75) is 38.1 Å². The standard InChI is InChI=1S/C14H23N3O2.ClH/c15-12-5-4-10-7-17(8-11(10)12)14(19)9-16-6-2-1-3-13(16)18;/h10-12H,1-9,15H2;1H. The number of nitrogens with two attached hydrogens (primary N) is 1. The molecule has 2 N–H and O–H groups in total. The normalized spacial score (nSPS) is 33.0. The van der Waals surface area contributed by atoms with E-state index >= 15 is 0 Å². The van der Waals surface area contributed by atoms with E-state index in [0.717, 1.165) is 45.3 Å². The summed E-state index contributed by atoms with van der Waals surface area (Å²) < 4.78 is 0. The topological polar surface area (TPSA) is 66.6 Å². The maximum atomic E-state index is 12.3. The molecule has 0 radical (unpaired) electrons. The van der Waals surface area contributed by atoms with Crippen LogP contribution in [0.2, 0.25) is 0 Å². The smallest absolute Gasteiger partial charge is 0.242 e. The molecule has 114 valence electrons. The van der Waals surface area contributed by atoms with Crippen LogP contribution in [0.4, 0.5) is 0 Å². The van der Waals surface area contributed by atoms with Gasteiger partial charge in [0, 0.05) is 32.1 Å². The van der Waals surface area contributed by atoms with Crippen LogP contribution in [0.5, 0.6) is 0 Å². The lowest BCUT2D eigenvalue weighted by molar-refractivity contribution is -0.141. The fourth-order valence-corrected chi connectivity index (χ4v) is 3.80. The molecule has 0 aromatic heterocycles. The molecule has 6 heteroatoms. The van der Waals surface area contributed by atoms with Crippen LogP contribution < -0.4 is 5.73 Å². The minimum absolute atomic E-state index is 0. The Bertz CT molecular complexity index is 391. The molecule has 3 fully saturated rings. The molecule has 2 saturated heterocycles. The van der Waals surface area contributed by atoms with E-state index in [4.69, 9.17) is 5.73 Å². The van der Waals surface area contributed by atoms with E-state index in [1.807, 2.05) is 4.90 Å².